The second kappa shape index (κ2) is 12.5. The second-order valence-corrected chi connectivity index (χ2v) is 8.36. The molecule has 0 aromatic rings. The highest BCUT2D eigenvalue weighted by Crippen LogP contribution is 2.31. The standard InChI is InChI=1S/C17H32O2S2/c1-4-5-6-7-8-9-10-11-12-13-15(14-20)21-17(2,3)16(18)19/h14-15H,4-13H2,1-3H3,(H,18,19). The van der Waals surface area contributed by atoms with Crippen molar-refractivity contribution in [2.24, 2.45) is 0 Å². The summed E-state index contributed by atoms with van der Waals surface area (Å²) >= 11 is 6.52. The third-order valence-corrected chi connectivity index (χ3v) is 5.64. The number of carbonyl (C=O) groups is 1. The van der Waals surface area contributed by atoms with Gasteiger partial charge in [-0.15, -0.1) is 11.8 Å². The van der Waals surface area contributed by atoms with E-state index in [0.717, 1.165) is 12.8 Å². The van der Waals surface area contributed by atoms with Crippen LogP contribution in [0.15, 0.2) is 0 Å². The van der Waals surface area contributed by atoms with E-state index >= 15 is 0 Å². The van der Waals surface area contributed by atoms with Gasteiger partial charge in [0.15, 0.2) is 0 Å². The summed E-state index contributed by atoms with van der Waals surface area (Å²) in [5.41, 5.74) is 0. The number of thioether (sulfide) groups is 1. The van der Waals surface area contributed by atoms with Gasteiger partial charge in [0, 0.05) is 5.25 Å². The first-order valence-electron chi connectivity index (χ1n) is 8.30. The first kappa shape index (κ1) is 20.9. The predicted octanol–water partition coefficient (Wildman–Crippen LogP) is 5.87. The topological polar surface area (TPSA) is 37.3 Å². The summed E-state index contributed by atoms with van der Waals surface area (Å²) in [6, 6.07) is 0. The minimum absolute atomic E-state index is 0.177. The summed E-state index contributed by atoms with van der Waals surface area (Å²) in [6.45, 7) is 5.75. The molecular weight excluding hydrogens is 300 g/mol. The molecule has 2 nitrogen and oxygen atoms in total. The summed E-state index contributed by atoms with van der Waals surface area (Å²) in [5.74, 6) is -0.763. The van der Waals surface area contributed by atoms with E-state index in [4.69, 9.17) is 17.3 Å². The molecule has 0 fully saturated rings. The maximum Gasteiger partial charge on any atom is 0.319 e. The number of rotatable bonds is 14. The van der Waals surface area contributed by atoms with Crippen LogP contribution in [0.5, 0.6) is 0 Å². The maximum atomic E-state index is 11.1. The molecule has 0 heterocycles. The van der Waals surface area contributed by atoms with Crippen molar-refractivity contribution < 1.29 is 9.90 Å². The minimum atomic E-state index is -0.763. The van der Waals surface area contributed by atoms with Gasteiger partial charge in [-0.05, 0) is 25.6 Å². The van der Waals surface area contributed by atoms with Crippen molar-refractivity contribution in [3.63, 3.8) is 0 Å². The number of unbranched alkanes of at least 4 members (excludes halogenated alkanes) is 8. The Bertz CT molecular complexity index is 291. The van der Waals surface area contributed by atoms with Crippen LogP contribution in [0.3, 0.4) is 0 Å². The first-order chi connectivity index (χ1) is 9.94. The molecule has 0 aliphatic heterocycles. The molecule has 1 N–H and O–H groups in total. The Morgan fingerprint density at radius 1 is 1.10 bits per heavy atom. The Kier molecular flexibility index (Phi) is 12.4. The molecule has 0 saturated heterocycles. The molecule has 0 bridgehead atoms. The van der Waals surface area contributed by atoms with Crippen molar-refractivity contribution in [2.75, 3.05) is 0 Å². The molecule has 0 aromatic heterocycles. The number of carboxylic acids is 1. The van der Waals surface area contributed by atoms with E-state index in [0.29, 0.717) is 0 Å². The van der Waals surface area contributed by atoms with Crippen molar-refractivity contribution in [2.45, 2.75) is 95.0 Å². The molecule has 0 amide bonds. The predicted molar refractivity (Wildman–Crippen MR) is 98.6 cm³/mol. The van der Waals surface area contributed by atoms with Crippen LogP contribution in [0.4, 0.5) is 0 Å². The Balaban J connectivity index is 3.65. The lowest BCUT2D eigenvalue weighted by atomic mass is 10.1. The molecule has 0 spiro atoms. The number of aliphatic carboxylic acids is 1. The van der Waals surface area contributed by atoms with Gasteiger partial charge in [-0.2, -0.15) is 0 Å². The van der Waals surface area contributed by atoms with Crippen LogP contribution in [0.2, 0.25) is 0 Å². The first-order valence-corrected chi connectivity index (χ1v) is 9.65. The van der Waals surface area contributed by atoms with E-state index in [2.05, 4.69) is 6.92 Å². The summed E-state index contributed by atoms with van der Waals surface area (Å²) in [7, 11) is 0. The van der Waals surface area contributed by atoms with Gasteiger partial charge in [0.05, 0.1) is 0 Å². The third-order valence-electron chi connectivity index (χ3n) is 3.71. The lowest BCUT2D eigenvalue weighted by Crippen LogP contribution is -2.30. The van der Waals surface area contributed by atoms with Crippen molar-refractivity contribution in [3.8, 4) is 0 Å². The molecule has 0 aliphatic rings. The zero-order valence-electron chi connectivity index (χ0n) is 13.9. The Hall–Kier alpha value is -0.0900. The van der Waals surface area contributed by atoms with E-state index in [-0.39, 0.29) is 5.25 Å². The summed E-state index contributed by atoms with van der Waals surface area (Å²) in [6.07, 6.45) is 12.8. The molecule has 1 atom stereocenters. The van der Waals surface area contributed by atoms with Gasteiger partial charge in [0.25, 0.3) is 0 Å². The van der Waals surface area contributed by atoms with Gasteiger partial charge in [-0.3, -0.25) is 4.79 Å². The van der Waals surface area contributed by atoms with E-state index in [9.17, 15) is 4.79 Å². The Labute approximate surface area is 140 Å². The monoisotopic (exact) mass is 332 g/mol. The number of thiocarbonyl (C=S) groups is 1. The minimum Gasteiger partial charge on any atom is -0.480 e. The largest absolute Gasteiger partial charge is 0.480 e. The molecule has 0 radical (unpaired) electrons. The SMILES string of the molecule is CCCCCCCCCCCC(C=S)SC(C)(C)C(=O)O. The van der Waals surface area contributed by atoms with Crippen LogP contribution < -0.4 is 0 Å². The normalized spacial score (nSPS) is 13.1. The molecule has 1 unspecified atom stereocenters. The van der Waals surface area contributed by atoms with E-state index in [1.807, 2.05) is 0 Å². The van der Waals surface area contributed by atoms with Crippen molar-refractivity contribution in [1.82, 2.24) is 0 Å². The molecule has 0 saturated carbocycles. The Morgan fingerprint density at radius 3 is 2.00 bits per heavy atom. The summed E-state index contributed by atoms with van der Waals surface area (Å²) in [4.78, 5) is 11.1. The van der Waals surface area contributed by atoms with Crippen LogP contribution >= 0.6 is 24.0 Å². The molecule has 4 heteroatoms. The van der Waals surface area contributed by atoms with E-state index < -0.39 is 10.7 Å². The van der Waals surface area contributed by atoms with Gasteiger partial charge in [0.1, 0.15) is 4.75 Å². The lowest BCUT2D eigenvalue weighted by Gasteiger charge is -2.23. The summed E-state index contributed by atoms with van der Waals surface area (Å²) in [5, 5.41) is 11.1. The average molecular weight is 333 g/mol. The fourth-order valence-corrected chi connectivity index (χ4v) is 3.74. The number of hydrogen-bond acceptors (Lipinski definition) is 3. The zero-order chi connectivity index (χ0) is 16.1. The van der Waals surface area contributed by atoms with Gasteiger partial charge in [-0.1, -0.05) is 76.9 Å². The molecule has 0 rings (SSSR count). The molecule has 0 aromatic carbocycles. The fraction of sp³-hybridized carbons (Fsp3) is 0.882. The quantitative estimate of drug-likeness (QED) is 0.319. The van der Waals surface area contributed by atoms with Crippen molar-refractivity contribution in [1.29, 1.82) is 0 Å². The van der Waals surface area contributed by atoms with E-state index in [1.54, 1.807) is 19.2 Å². The zero-order valence-corrected chi connectivity index (χ0v) is 15.5. The highest BCUT2D eigenvalue weighted by Gasteiger charge is 2.30. The van der Waals surface area contributed by atoms with Gasteiger partial charge in [-0.25, -0.2) is 0 Å². The average Bonchev–Trinajstić information content (AvgIpc) is 2.43. The van der Waals surface area contributed by atoms with Crippen LogP contribution in [0.25, 0.3) is 0 Å². The molecular formula is C17H32O2S2. The maximum absolute atomic E-state index is 11.1. The van der Waals surface area contributed by atoms with Crippen molar-refractivity contribution in [3.05, 3.63) is 0 Å². The van der Waals surface area contributed by atoms with Crippen LogP contribution in [-0.4, -0.2) is 26.4 Å². The third kappa shape index (κ3) is 11.2. The van der Waals surface area contributed by atoms with Crippen LogP contribution in [0, 0.1) is 0 Å². The van der Waals surface area contributed by atoms with Gasteiger partial charge < -0.3 is 5.11 Å². The van der Waals surface area contributed by atoms with Gasteiger partial charge in [0.2, 0.25) is 0 Å². The number of hydrogen-bond donors (Lipinski definition) is 1. The van der Waals surface area contributed by atoms with E-state index in [1.165, 1.54) is 63.1 Å². The van der Waals surface area contributed by atoms with Crippen LogP contribution in [0.1, 0.15) is 85.0 Å². The molecule has 124 valence electrons. The highest BCUT2D eigenvalue weighted by molar-refractivity contribution is 8.03. The lowest BCUT2D eigenvalue weighted by molar-refractivity contribution is -0.138. The molecule has 0 aliphatic carbocycles. The molecule has 21 heavy (non-hydrogen) atoms. The Morgan fingerprint density at radius 2 is 1.57 bits per heavy atom. The highest BCUT2D eigenvalue weighted by atomic mass is 32.2. The van der Waals surface area contributed by atoms with Crippen molar-refractivity contribution >= 4 is 35.3 Å². The fourth-order valence-electron chi connectivity index (χ4n) is 2.24. The van der Waals surface area contributed by atoms with Gasteiger partial charge >= 0.3 is 5.97 Å². The van der Waals surface area contributed by atoms with Crippen LogP contribution in [-0.2, 0) is 4.79 Å². The summed E-state index contributed by atoms with van der Waals surface area (Å²) < 4.78 is -0.751. The smallest absolute Gasteiger partial charge is 0.319 e. The second-order valence-electron chi connectivity index (χ2n) is 6.22. The number of carboxylic acid groups (broad SMARTS) is 1.